The molecule has 2 unspecified atom stereocenters. The Kier molecular flexibility index (Phi) is 7.54. The van der Waals surface area contributed by atoms with Gasteiger partial charge in [0.25, 0.3) is 0 Å². The second-order valence-corrected chi connectivity index (χ2v) is 11.0. The highest BCUT2D eigenvalue weighted by molar-refractivity contribution is 6.33. The van der Waals surface area contributed by atoms with Crippen molar-refractivity contribution in [2.45, 2.75) is 65.3 Å². The van der Waals surface area contributed by atoms with Crippen molar-refractivity contribution >= 4 is 40.4 Å². The fourth-order valence-electron chi connectivity index (χ4n) is 5.36. The summed E-state index contributed by atoms with van der Waals surface area (Å²) in [5.74, 6) is 1.39. The monoisotopic (exact) mass is 522 g/mol. The van der Waals surface area contributed by atoms with E-state index in [0.29, 0.717) is 10.8 Å². The van der Waals surface area contributed by atoms with Crippen LogP contribution in [0, 0.1) is 11.8 Å². The van der Waals surface area contributed by atoms with Gasteiger partial charge in [-0.3, -0.25) is 9.59 Å². The first-order valence-corrected chi connectivity index (χ1v) is 13.6. The number of hydrogen-bond donors (Lipinski definition) is 2. The molecular formula is C29H35ClN4O3. The van der Waals surface area contributed by atoms with Crippen LogP contribution < -0.4 is 10.6 Å². The summed E-state index contributed by atoms with van der Waals surface area (Å²) in [4.78, 5) is 30.6. The number of allylic oxidation sites excluding steroid dienone is 2. The third kappa shape index (κ3) is 5.68. The summed E-state index contributed by atoms with van der Waals surface area (Å²) in [6.45, 7) is 7.01. The largest absolute Gasteiger partial charge is 0.342 e. The number of likely N-dealkylation sites (tertiary alicyclic amines) is 1. The van der Waals surface area contributed by atoms with Gasteiger partial charge in [0, 0.05) is 30.5 Å². The van der Waals surface area contributed by atoms with Crippen LogP contribution in [0.1, 0.15) is 58.4 Å². The topological polar surface area (TPSA) is 83.6 Å². The summed E-state index contributed by atoms with van der Waals surface area (Å²) in [5, 5.41) is 7.22. The second-order valence-electron chi connectivity index (χ2n) is 10.6. The minimum atomic E-state index is -0.384. The van der Waals surface area contributed by atoms with Crippen LogP contribution in [0.2, 0.25) is 5.02 Å². The molecule has 1 amide bonds. The van der Waals surface area contributed by atoms with Gasteiger partial charge in [0.15, 0.2) is 5.82 Å². The summed E-state index contributed by atoms with van der Waals surface area (Å²) in [6.07, 6.45) is 6.17. The predicted octanol–water partition coefficient (Wildman–Crippen LogP) is 5.96. The lowest BCUT2D eigenvalue weighted by atomic mass is 9.84. The Balaban J connectivity index is 1.21. The van der Waals surface area contributed by atoms with Gasteiger partial charge in [-0.15, -0.1) is 0 Å². The first-order valence-electron chi connectivity index (χ1n) is 13.3. The van der Waals surface area contributed by atoms with Gasteiger partial charge < -0.3 is 20.3 Å². The molecule has 0 bridgehead atoms. The lowest BCUT2D eigenvalue weighted by Gasteiger charge is -2.34. The summed E-state index contributed by atoms with van der Waals surface area (Å²) < 4.78 is 6.24. The molecule has 0 saturated carbocycles. The van der Waals surface area contributed by atoms with E-state index < -0.39 is 0 Å². The first kappa shape index (κ1) is 25.7. The molecule has 1 fully saturated rings. The second kappa shape index (κ2) is 10.8. The van der Waals surface area contributed by atoms with Crippen molar-refractivity contribution < 1.29 is 14.3 Å². The summed E-state index contributed by atoms with van der Waals surface area (Å²) in [6, 6.07) is 10.2. The van der Waals surface area contributed by atoms with Crippen LogP contribution in [-0.4, -0.2) is 47.1 Å². The smallest absolute Gasteiger partial charge is 0.225 e. The molecular weight excluding hydrogens is 488 g/mol. The molecule has 1 saturated heterocycles. The quantitative estimate of drug-likeness (QED) is 0.487. The summed E-state index contributed by atoms with van der Waals surface area (Å²) >= 11 is 6.64. The molecule has 37 heavy (non-hydrogen) atoms. The first-order chi connectivity index (χ1) is 17.8. The van der Waals surface area contributed by atoms with Gasteiger partial charge in [0.1, 0.15) is 5.78 Å². The van der Waals surface area contributed by atoms with E-state index in [-0.39, 0.29) is 36.0 Å². The van der Waals surface area contributed by atoms with Gasteiger partial charge in [-0.1, -0.05) is 55.8 Å². The van der Waals surface area contributed by atoms with Gasteiger partial charge in [0.05, 0.1) is 22.5 Å². The number of halogens is 1. The fraction of sp³-hybridized carbons (Fsp3) is 0.483. The average molecular weight is 523 g/mol. The number of pyridine rings is 1. The Hall–Kier alpha value is -2.90. The maximum atomic E-state index is 12.2. The Morgan fingerprint density at radius 2 is 1.78 bits per heavy atom. The van der Waals surface area contributed by atoms with Crippen molar-refractivity contribution in [2.75, 3.05) is 23.7 Å². The molecule has 7 nitrogen and oxygen atoms in total. The molecule has 2 aromatic rings. The number of aromatic nitrogens is 1. The van der Waals surface area contributed by atoms with Crippen molar-refractivity contribution in [3.8, 4) is 11.3 Å². The SMILES string of the molecule is CC(=O)C1CC=C(c2ccc(-c3nc4c(cc3Cl)NC(OC3CCN(C(=O)C(C)C)CC3)N4)cc2)CC1. The summed E-state index contributed by atoms with van der Waals surface area (Å²) in [5.41, 5.74) is 4.95. The highest BCUT2D eigenvalue weighted by Crippen LogP contribution is 2.37. The molecule has 5 rings (SSSR count). The van der Waals surface area contributed by atoms with Crippen LogP contribution in [0.4, 0.5) is 11.5 Å². The predicted molar refractivity (Wildman–Crippen MR) is 147 cm³/mol. The third-order valence-corrected chi connectivity index (χ3v) is 7.91. The van der Waals surface area contributed by atoms with Crippen LogP contribution in [0.15, 0.2) is 36.4 Å². The highest BCUT2D eigenvalue weighted by atomic mass is 35.5. The average Bonchev–Trinajstić information content (AvgIpc) is 3.29. The standard InChI is InChI=1S/C29H35ClN4O3/c1-17(2)28(36)34-14-12-23(13-15-34)37-29-31-25-16-24(30)26(32-27(25)33-29)22-10-8-21(9-11-22)20-6-4-19(5-7-20)18(3)35/h6,8-11,16-17,19,23,29,31H,4-5,7,12-15H2,1-3H3,(H,32,33). The van der Waals surface area contributed by atoms with Crippen LogP contribution in [0.3, 0.4) is 0 Å². The lowest BCUT2D eigenvalue weighted by molar-refractivity contribution is -0.137. The molecule has 1 aliphatic carbocycles. The number of hydrogen-bond acceptors (Lipinski definition) is 6. The van der Waals surface area contributed by atoms with E-state index in [0.717, 1.165) is 62.1 Å². The van der Waals surface area contributed by atoms with Crippen molar-refractivity contribution in [3.63, 3.8) is 0 Å². The molecule has 2 N–H and O–H groups in total. The van der Waals surface area contributed by atoms with Gasteiger partial charge in [-0.2, -0.15) is 0 Å². The number of piperidine rings is 1. The molecule has 3 aliphatic rings. The molecule has 196 valence electrons. The van der Waals surface area contributed by atoms with E-state index in [1.165, 1.54) is 11.1 Å². The number of anilines is 2. The summed E-state index contributed by atoms with van der Waals surface area (Å²) in [7, 11) is 0. The molecule has 8 heteroatoms. The third-order valence-electron chi connectivity index (χ3n) is 7.62. The van der Waals surface area contributed by atoms with Crippen molar-refractivity contribution in [3.05, 3.63) is 47.0 Å². The van der Waals surface area contributed by atoms with Gasteiger partial charge in [-0.05, 0) is 56.2 Å². The fourth-order valence-corrected chi connectivity index (χ4v) is 5.62. The number of ketones is 1. The lowest BCUT2D eigenvalue weighted by Crippen LogP contribution is -2.44. The van der Waals surface area contributed by atoms with Crippen molar-refractivity contribution in [1.29, 1.82) is 0 Å². The van der Waals surface area contributed by atoms with Crippen molar-refractivity contribution in [2.24, 2.45) is 11.8 Å². The molecule has 2 atom stereocenters. The van der Waals surface area contributed by atoms with Gasteiger partial charge in [0.2, 0.25) is 12.3 Å². The van der Waals surface area contributed by atoms with E-state index in [1.54, 1.807) is 6.92 Å². The highest BCUT2D eigenvalue weighted by Gasteiger charge is 2.30. The Morgan fingerprint density at radius 1 is 1.08 bits per heavy atom. The zero-order valence-corrected chi connectivity index (χ0v) is 22.5. The van der Waals surface area contributed by atoms with E-state index in [4.69, 9.17) is 21.3 Å². The minimum Gasteiger partial charge on any atom is -0.342 e. The number of benzene rings is 1. The number of Topliss-reactive ketones (excluding diaryl/α,β-unsaturated/α-hetero) is 1. The van der Waals surface area contributed by atoms with Crippen LogP contribution >= 0.6 is 11.6 Å². The van der Waals surface area contributed by atoms with E-state index in [1.807, 2.05) is 24.8 Å². The van der Waals surface area contributed by atoms with Gasteiger partial charge in [-0.25, -0.2) is 4.98 Å². The number of nitrogens with one attached hydrogen (secondary N) is 2. The number of carbonyl (C=O) groups excluding carboxylic acids is 2. The molecule has 2 aliphatic heterocycles. The number of nitrogens with zero attached hydrogens (tertiary/aromatic N) is 2. The van der Waals surface area contributed by atoms with Gasteiger partial charge >= 0.3 is 0 Å². The number of fused-ring (bicyclic) bond motifs is 1. The normalized spacial score (nSPS) is 21.8. The Labute approximate surface area is 223 Å². The zero-order chi connectivity index (χ0) is 26.1. The Morgan fingerprint density at radius 3 is 2.41 bits per heavy atom. The van der Waals surface area contributed by atoms with E-state index in [2.05, 4.69) is 41.0 Å². The molecule has 1 aromatic carbocycles. The Bertz CT molecular complexity index is 1200. The van der Waals surface area contributed by atoms with Crippen LogP contribution in [-0.2, 0) is 14.3 Å². The molecule has 3 heterocycles. The van der Waals surface area contributed by atoms with Crippen LogP contribution in [0.5, 0.6) is 0 Å². The maximum Gasteiger partial charge on any atom is 0.225 e. The maximum absolute atomic E-state index is 12.2. The van der Waals surface area contributed by atoms with Crippen molar-refractivity contribution in [1.82, 2.24) is 9.88 Å². The molecule has 0 spiro atoms. The van der Waals surface area contributed by atoms with E-state index in [9.17, 15) is 9.59 Å². The minimum absolute atomic E-state index is 0.0243. The number of rotatable bonds is 6. The van der Waals surface area contributed by atoms with E-state index >= 15 is 0 Å². The molecule has 1 aromatic heterocycles. The zero-order valence-electron chi connectivity index (χ0n) is 21.7. The van der Waals surface area contributed by atoms with Crippen LogP contribution in [0.25, 0.3) is 16.8 Å². The number of ether oxygens (including phenoxy) is 1. The molecule has 0 radical (unpaired) electrons. The number of amides is 1. The number of carbonyl (C=O) groups is 2.